The van der Waals surface area contributed by atoms with Gasteiger partial charge in [0.25, 0.3) is 0 Å². The van der Waals surface area contributed by atoms with Crippen LogP contribution in [0.2, 0.25) is 0 Å². The van der Waals surface area contributed by atoms with Crippen molar-refractivity contribution >= 4 is 15.8 Å². The lowest BCUT2D eigenvalue weighted by Gasteiger charge is -2.33. The van der Waals surface area contributed by atoms with Crippen LogP contribution in [0, 0.1) is 5.92 Å². The van der Waals surface area contributed by atoms with E-state index in [2.05, 4.69) is 0 Å². The molecule has 2 fully saturated rings. The van der Waals surface area contributed by atoms with Crippen LogP contribution in [0.1, 0.15) is 19.3 Å². The largest absolute Gasteiger partial charge is 0.480 e. The minimum Gasteiger partial charge on any atom is -0.480 e. The van der Waals surface area contributed by atoms with Crippen molar-refractivity contribution in [1.82, 2.24) is 4.90 Å². The number of nitrogens with zero attached hydrogens (tertiary/aromatic N) is 1. The number of rotatable bonds is 5. The maximum absolute atomic E-state index is 11.4. The highest BCUT2D eigenvalue weighted by molar-refractivity contribution is 7.91. The highest BCUT2D eigenvalue weighted by Crippen LogP contribution is 2.39. The number of carboxylic acid groups (broad SMARTS) is 1. The summed E-state index contributed by atoms with van der Waals surface area (Å²) in [6, 6.07) is -0.101. The molecule has 0 aromatic heterocycles. The number of carboxylic acids is 1. The van der Waals surface area contributed by atoms with E-state index in [1.165, 1.54) is 0 Å². The number of aliphatic carboxylic acids is 1. The number of likely N-dealkylation sites (N-methyl/N-ethyl adjacent to an activating group) is 1. The Balaban J connectivity index is 2.02. The minimum atomic E-state index is -2.95. The predicted molar refractivity (Wildman–Crippen MR) is 67.0 cm³/mol. The molecular weight excluding hydrogens is 256 g/mol. The number of carbonyl (C=O) groups is 1. The summed E-state index contributed by atoms with van der Waals surface area (Å²) in [6.45, 7) is 0.215. The van der Waals surface area contributed by atoms with Gasteiger partial charge >= 0.3 is 5.97 Å². The fraction of sp³-hybridized carbons (Fsp3) is 0.909. The van der Waals surface area contributed by atoms with E-state index in [0.29, 0.717) is 6.42 Å². The molecular formula is C11H20N2O4S. The van der Waals surface area contributed by atoms with Crippen LogP contribution in [0.4, 0.5) is 0 Å². The monoisotopic (exact) mass is 276 g/mol. The Labute approximate surface area is 107 Å². The van der Waals surface area contributed by atoms with Crippen LogP contribution < -0.4 is 5.73 Å². The number of sulfone groups is 1. The Bertz CT molecular complexity index is 446. The fourth-order valence-corrected chi connectivity index (χ4v) is 4.44. The van der Waals surface area contributed by atoms with Gasteiger partial charge in [0.05, 0.1) is 11.5 Å². The van der Waals surface area contributed by atoms with E-state index in [1.807, 2.05) is 0 Å². The molecule has 2 atom stereocenters. The van der Waals surface area contributed by atoms with Crippen molar-refractivity contribution in [2.24, 2.45) is 11.7 Å². The Hall–Kier alpha value is -0.660. The van der Waals surface area contributed by atoms with Crippen LogP contribution in [0.25, 0.3) is 0 Å². The van der Waals surface area contributed by atoms with Gasteiger partial charge in [0.2, 0.25) is 0 Å². The van der Waals surface area contributed by atoms with Gasteiger partial charge in [-0.3, -0.25) is 9.69 Å². The normalized spacial score (nSPS) is 30.3. The molecule has 1 saturated carbocycles. The highest BCUT2D eigenvalue weighted by atomic mass is 32.2. The molecule has 7 heteroatoms. The summed E-state index contributed by atoms with van der Waals surface area (Å²) in [5.74, 6) is -0.659. The average molecular weight is 276 g/mol. The van der Waals surface area contributed by atoms with Crippen molar-refractivity contribution in [3.63, 3.8) is 0 Å². The van der Waals surface area contributed by atoms with Crippen LogP contribution in [0.3, 0.4) is 0 Å². The van der Waals surface area contributed by atoms with Gasteiger partial charge in [0, 0.05) is 12.6 Å². The Morgan fingerprint density at radius 3 is 2.44 bits per heavy atom. The summed E-state index contributed by atoms with van der Waals surface area (Å²) in [5, 5.41) is 9.27. The van der Waals surface area contributed by atoms with Gasteiger partial charge in [-0.15, -0.1) is 0 Å². The molecule has 6 nitrogen and oxygen atoms in total. The first kappa shape index (κ1) is 13.8. The van der Waals surface area contributed by atoms with E-state index in [0.717, 1.165) is 12.8 Å². The first-order chi connectivity index (χ1) is 8.24. The molecule has 1 heterocycles. The summed E-state index contributed by atoms with van der Waals surface area (Å²) in [5.41, 5.74) is 4.76. The van der Waals surface area contributed by atoms with E-state index in [1.54, 1.807) is 11.9 Å². The third kappa shape index (κ3) is 2.67. The molecule has 3 N–H and O–H groups in total. The lowest BCUT2D eigenvalue weighted by molar-refractivity contribution is -0.145. The fourth-order valence-electron chi connectivity index (χ4n) is 2.63. The first-order valence-corrected chi connectivity index (χ1v) is 8.00. The van der Waals surface area contributed by atoms with Gasteiger partial charge in [-0.05, 0) is 32.2 Å². The molecule has 2 unspecified atom stereocenters. The lowest BCUT2D eigenvalue weighted by Crippen LogP contribution is -2.58. The quantitative estimate of drug-likeness (QED) is 0.688. The minimum absolute atomic E-state index is 0.0236. The summed E-state index contributed by atoms with van der Waals surface area (Å²) < 4.78 is 22.8. The summed E-state index contributed by atoms with van der Waals surface area (Å²) in [6.07, 6.45) is 2.26. The second kappa shape index (κ2) is 4.47. The smallest absolute Gasteiger partial charge is 0.325 e. The van der Waals surface area contributed by atoms with Crippen molar-refractivity contribution in [3.05, 3.63) is 0 Å². The number of hydrogen-bond donors (Lipinski definition) is 2. The topological polar surface area (TPSA) is 101 Å². The van der Waals surface area contributed by atoms with Crippen molar-refractivity contribution in [2.45, 2.75) is 30.8 Å². The third-order valence-corrected chi connectivity index (χ3v) is 5.80. The van der Waals surface area contributed by atoms with Crippen LogP contribution in [0.15, 0.2) is 0 Å². The highest BCUT2D eigenvalue weighted by Gasteiger charge is 2.49. The first-order valence-electron chi connectivity index (χ1n) is 6.17. The van der Waals surface area contributed by atoms with Gasteiger partial charge in [0.15, 0.2) is 9.84 Å². The Kier molecular flexibility index (Phi) is 3.42. The van der Waals surface area contributed by atoms with Gasteiger partial charge in [0.1, 0.15) is 5.54 Å². The molecule has 1 aliphatic carbocycles. The number of nitrogens with two attached hydrogens (primary N) is 1. The van der Waals surface area contributed by atoms with Gasteiger partial charge in [-0.1, -0.05) is 0 Å². The molecule has 1 saturated heterocycles. The zero-order valence-corrected chi connectivity index (χ0v) is 11.3. The Morgan fingerprint density at radius 1 is 1.44 bits per heavy atom. The molecule has 104 valence electrons. The van der Waals surface area contributed by atoms with E-state index in [9.17, 15) is 18.3 Å². The van der Waals surface area contributed by atoms with E-state index in [-0.39, 0.29) is 30.0 Å². The van der Waals surface area contributed by atoms with Crippen LogP contribution >= 0.6 is 0 Å². The van der Waals surface area contributed by atoms with Crippen molar-refractivity contribution in [1.29, 1.82) is 0 Å². The Morgan fingerprint density at radius 2 is 2.06 bits per heavy atom. The van der Waals surface area contributed by atoms with Crippen LogP contribution in [-0.4, -0.2) is 61.1 Å². The molecule has 0 bridgehead atoms. The maximum atomic E-state index is 11.4. The van der Waals surface area contributed by atoms with Crippen molar-refractivity contribution < 1.29 is 18.3 Å². The molecule has 2 rings (SSSR count). The standard InChI is InChI=1S/C11H20N2O4S/c1-13(9-4-5-18(16,17)6-9)7-11(12,10(14)15)8-2-3-8/h8-9H,2-7,12H2,1H3,(H,14,15). The molecule has 0 aromatic rings. The van der Waals surface area contributed by atoms with Gasteiger partial charge in [-0.25, -0.2) is 8.42 Å². The summed E-state index contributed by atoms with van der Waals surface area (Å²) in [7, 11) is -1.19. The van der Waals surface area contributed by atoms with E-state index >= 15 is 0 Å². The molecule has 0 amide bonds. The van der Waals surface area contributed by atoms with E-state index < -0.39 is 21.3 Å². The summed E-state index contributed by atoms with van der Waals surface area (Å²) in [4.78, 5) is 13.1. The number of hydrogen-bond acceptors (Lipinski definition) is 5. The third-order valence-electron chi connectivity index (χ3n) is 4.05. The van der Waals surface area contributed by atoms with Gasteiger partial charge < -0.3 is 10.8 Å². The molecule has 1 aliphatic heterocycles. The second-order valence-electron chi connectivity index (χ2n) is 5.59. The molecule has 0 spiro atoms. The second-order valence-corrected chi connectivity index (χ2v) is 7.82. The molecule has 0 radical (unpaired) electrons. The average Bonchev–Trinajstić information content (AvgIpc) is 3.03. The zero-order valence-electron chi connectivity index (χ0n) is 10.5. The maximum Gasteiger partial charge on any atom is 0.325 e. The van der Waals surface area contributed by atoms with Crippen molar-refractivity contribution in [3.8, 4) is 0 Å². The van der Waals surface area contributed by atoms with Crippen molar-refractivity contribution in [2.75, 3.05) is 25.1 Å². The molecule has 0 aromatic carbocycles. The molecule has 2 aliphatic rings. The van der Waals surface area contributed by atoms with Crippen LogP contribution in [0.5, 0.6) is 0 Å². The van der Waals surface area contributed by atoms with Crippen LogP contribution in [-0.2, 0) is 14.6 Å². The van der Waals surface area contributed by atoms with E-state index in [4.69, 9.17) is 5.73 Å². The summed E-state index contributed by atoms with van der Waals surface area (Å²) >= 11 is 0. The predicted octanol–water partition coefficient (Wildman–Crippen LogP) is -0.703. The SMILES string of the molecule is CN(CC(N)(C(=O)O)C1CC1)C1CCS(=O)(=O)C1. The molecule has 18 heavy (non-hydrogen) atoms. The van der Waals surface area contributed by atoms with Gasteiger partial charge in [-0.2, -0.15) is 0 Å². The lowest BCUT2D eigenvalue weighted by atomic mass is 9.93. The zero-order chi connectivity index (χ0) is 13.6.